The highest BCUT2D eigenvalue weighted by Gasteiger charge is 2.20. The molecule has 3 nitrogen and oxygen atoms in total. The van der Waals surface area contributed by atoms with E-state index < -0.39 is 0 Å². The van der Waals surface area contributed by atoms with Gasteiger partial charge in [-0.3, -0.25) is 0 Å². The number of likely N-dealkylation sites (N-methyl/N-ethyl adjacent to an activating group) is 1. The Bertz CT molecular complexity index is 624. The highest BCUT2D eigenvalue weighted by Crippen LogP contribution is 2.34. The van der Waals surface area contributed by atoms with Crippen LogP contribution >= 0.6 is 0 Å². The molecule has 1 heterocycles. The minimum atomic E-state index is 0.420. The molecule has 0 saturated carbocycles. The zero-order valence-corrected chi connectivity index (χ0v) is 12.0. The van der Waals surface area contributed by atoms with Crippen LogP contribution in [0, 0.1) is 6.92 Å². The molecule has 104 valence electrons. The Morgan fingerprint density at radius 1 is 1.00 bits per heavy atom. The van der Waals surface area contributed by atoms with Crippen molar-refractivity contribution in [2.45, 2.75) is 13.5 Å². The van der Waals surface area contributed by atoms with E-state index in [-0.39, 0.29) is 0 Å². The summed E-state index contributed by atoms with van der Waals surface area (Å²) >= 11 is 0. The lowest BCUT2D eigenvalue weighted by molar-refractivity contribution is 0.463. The summed E-state index contributed by atoms with van der Waals surface area (Å²) in [6.45, 7) is 4.67. The topological polar surface area (TPSA) is 26.7 Å². The van der Waals surface area contributed by atoms with Gasteiger partial charge in [0.05, 0.1) is 11.4 Å². The van der Waals surface area contributed by atoms with Crippen molar-refractivity contribution in [1.29, 1.82) is 0 Å². The van der Waals surface area contributed by atoms with Gasteiger partial charge >= 0.3 is 0 Å². The molecule has 20 heavy (non-hydrogen) atoms. The summed E-state index contributed by atoms with van der Waals surface area (Å²) < 4.78 is 0. The Hall–Kier alpha value is -2.16. The molecule has 3 rings (SSSR count). The van der Waals surface area contributed by atoms with Crippen molar-refractivity contribution in [2.75, 3.05) is 29.9 Å². The molecule has 2 aromatic rings. The average Bonchev–Trinajstić information content (AvgIpc) is 2.47. The van der Waals surface area contributed by atoms with Crippen LogP contribution in [0.3, 0.4) is 0 Å². The average molecular weight is 268 g/mol. The molecule has 1 aliphatic rings. The second kappa shape index (κ2) is 5.08. The van der Waals surface area contributed by atoms with Crippen molar-refractivity contribution in [2.24, 2.45) is 0 Å². The SMILES string of the molecule is Cc1cccc(CN2CCN(C)c3ccccc32)c1O. The lowest BCUT2D eigenvalue weighted by atomic mass is 10.1. The molecule has 0 unspecified atom stereocenters. The van der Waals surface area contributed by atoms with Gasteiger partial charge in [0.25, 0.3) is 0 Å². The summed E-state index contributed by atoms with van der Waals surface area (Å²) in [5, 5.41) is 10.2. The van der Waals surface area contributed by atoms with Crippen molar-refractivity contribution < 1.29 is 5.11 Å². The maximum atomic E-state index is 10.2. The molecule has 2 aromatic carbocycles. The van der Waals surface area contributed by atoms with E-state index in [0.717, 1.165) is 30.8 Å². The number of hydrogen-bond acceptors (Lipinski definition) is 3. The van der Waals surface area contributed by atoms with E-state index in [9.17, 15) is 5.11 Å². The molecule has 1 N–H and O–H groups in total. The van der Waals surface area contributed by atoms with Crippen molar-refractivity contribution in [3.63, 3.8) is 0 Å². The second-order valence-corrected chi connectivity index (χ2v) is 5.41. The third-order valence-corrected chi connectivity index (χ3v) is 4.02. The van der Waals surface area contributed by atoms with Crippen LogP contribution < -0.4 is 9.80 Å². The van der Waals surface area contributed by atoms with Crippen molar-refractivity contribution >= 4 is 11.4 Å². The predicted molar refractivity (Wildman–Crippen MR) is 83.6 cm³/mol. The second-order valence-electron chi connectivity index (χ2n) is 5.41. The fourth-order valence-electron chi connectivity index (χ4n) is 2.78. The lowest BCUT2D eigenvalue weighted by Crippen LogP contribution is -2.38. The number of aryl methyl sites for hydroxylation is 1. The monoisotopic (exact) mass is 268 g/mol. The zero-order chi connectivity index (χ0) is 14.1. The maximum Gasteiger partial charge on any atom is 0.123 e. The number of phenols is 1. The number of para-hydroxylation sites is 3. The third kappa shape index (κ3) is 2.20. The predicted octanol–water partition coefficient (Wildman–Crippen LogP) is 3.16. The smallest absolute Gasteiger partial charge is 0.123 e. The van der Waals surface area contributed by atoms with Crippen molar-refractivity contribution in [3.8, 4) is 5.75 Å². The quantitative estimate of drug-likeness (QED) is 0.906. The lowest BCUT2D eigenvalue weighted by Gasteiger charge is -2.37. The molecule has 0 spiro atoms. The van der Waals surface area contributed by atoms with Crippen molar-refractivity contribution in [3.05, 3.63) is 53.6 Å². The first-order valence-electron chi connectivity index (χ1n) is 6.99. The van der Waals surface area contributed by atoms with Gasteiger partial charge in [-0.1, -0.05) is 30.3 Å². The molecule has 3 heteroatoms. The number of rotatable bonds is 2. The standard InChI is InChI=1S/C17H20N2O/c1-13-6-5-7-14(17(13)20)12-19-11-10-18(2)15-8-3-4-9-16(15)19/h3-9,20H,10-12H2,1-2H3. The maximum absolute atomic E-state index is 10.2. The van der Waals surface area contributed by atoms with Crippen LogP contribution in [0.4, 0.5) is 11.4 Å². The Balaban J connectivity index is 1.93. The first-order chi connectivity index (χ1) is 9.66. The van der Waals surface area contributed by atoms with Gasteiger partial charge in [-0.15, -0.1) is 0 Å². The van der Waals surface area contributed by atoms with Gasteiger partial charge < -0.3 is 14.9 Å². The number of nitrogens with zero attached hydrogens (tertiary/aromatic N) is 2. The number of phenolic OH excluding ortho intramolecular Hbond substituents is 1. The minimum Gasteiger partial charge on any atom is -0.507 e. The van der Waals surface area contributed by atoms with Gasteiger partial charge in [-0.2, -0.15) is 0 Å². The van der Waals surface area contributed by atoms with E-state index in [4.69, 9.17) is 0 Å². The van der Waals surface area contributed by atoms with Crippen LogP contribution in [0.5, 0.6) is 5.75 Å². The molecule has 0 fully saturated rings. The summed E-state index contributed by atoms with van der Waals surface area (Å²) in [4.78, 5) is 4.62. The van der Waals surface area contributed by atoms with Gasteiger partial charge in [0, 0.05) is 32.2 Å². The molecular formula is C17H20N2O. The third-order valence-electron chi connectivity index (χ3n) is 4.02. The molecule has 0 radical (unpaired) electrons. The molecular weight excluding hydrogens is 248 g/mol. The fourth-order valence-corrected chi connectivity index (χ4v) is 2.78. The number of hydrogen-bond donors (Lipinski definition) is 1. The first-order valence-corrected chi connectivity index (χ1v) is 6.99. The highest BCUT2D eigenvalue weighted by atomic mass is 16.3. The van der Waals surface area contributed by atoms with Gasteiger partial charge in [-0.05, 0) is 24.6 Å². The number of benzene rings is 2. The molecule has 0 amide bonds. The van der Waals surface area contributed by atoms with Crippen LogP contribution in [-0.4, -0.2) is 25.2 Å². The zero-order valence-electron chi connectivity index (χ0n) is 12.0. The number of fused-ring (bicyclic) bond motifs is 1. The summed E-state index contributed by atoms with van der Waals surface area (Å²) in [5.41, 5.74) is 4.42. The highest BCUT2D eigenvalue weighted by molar-refractivity contribution is 5.73. The molecule has 0 atom stereocenters. The number of aromatic hydroxyl groups is 1. The normalized spacial score (nSPS) is 14.3. The largest absolute Gasteiger partial charge is 0.507 e. The summed E-state index contributed by atoms with van der Waals surface area (Å²) in [6, 6.07) is 14.4. The van der Waals surface area contributed by atoms with E-state index in [1.54, 1.807) is 0 Å². The van der Waals surface area contributed by atoms with Gasteiger partial charge in [-0.25, -0.2) is 0 Å². The molecule has 0 bridgehead atoms. The Labute approximate surface area is 120 Å². The fraction of sp³-hybridized carbons (Fsp3) is 0.294. The molecule has 1 aliphatic heterocycles. The van der Waals surface area contributed by atoms with Gasteiger partial charge in [0.1, 0.15) is 5.75 Å². The van der Waals surface area contributed by atoms with Crippen LogP contribution in [0.25, 0.3) is 0 Å². The number of anilines is 2. The Kier molecular flexibility index (Phi) is 3.26. The molecule has 0 saturated heterocycles. The van der Waals surface area contributed by atoms with Crippen LogP contribution in [0.15, 0.2) is 42.5 Å². The minimum absolute atomic E-state index is 0.420. The van der Waals surface area contributed by atoms with E-state index >= 15 is 0 Å². The molecule has 0 aromatic heterocycles. The Morgan fingerprint density at radius 2 is 1.75 bits per heavy atom. The van der Waals surface area contributed by atoms with E-state index in [1.807, 2.05) is 25.1 Å². The van der Waals surface area contributed by atoms with E-state index in [0.29, 0.717) is 5.75 Å². The van der Waals surface area contributed by atoms with Crippen LogP contribution in [0.2, 0.25) is 0 Å². The molecule has 0 aliphatic carbocycles. The van der Waals surface area contributed by atoms with Gasteiger partial charge in [0.2, 0.25) is 0 Å². The van der Waals surface area contributed by atoms with E-state index in [2.05, 4.69) is 41.1 Å². The summed E-state index contributed by atoms with van der Waals surface area (Å²) in [7, 11) is 2.13. The van der Waals surface area contributed by atoms with Crippen LogP contribution in [0.1, 0.15) is 11.1 Å². The van der Waals surface area contributed by atoms with Gasteiger partial charge in [0.15, 0.2) is 0 Å². The van der Waals surface area contributed by atoms with Crippen molar-refractivity contribution in [1.82, 2.24) is 0 Å². The first kappa shape index (κ1) is 12.9. The Morgan fingerprint density at radius 3 is 2.55 bits per heavy atom. The van der Waals surface area contributed by atoms with E-state index in [1.165, 1.54) is 11.4 Å². The summed E-state index contributed by atoms with van der Waals surface area (Å²) in [5.74, 6) is 0.420. The summed E-state index contributed by atoms with van der Waals surface area (Å²) in [6.07, 6.45) is 0. The van der Waals surface area contributed by atoms with Crippen LogP contribution in [-0.2, 0) is 6.54 Å².